The highest BCUT2D eigenvalue weighted by Crippen LogP contribution is 2.13. The summed E-state index contributed by atoms with van der Waals surface area (Å²) in [4.78, 5) is 24.1. The third kappa shape index (κ3) is 4.18. The van der Waals surface area contributed by atoms with Crippen LogP contribution in [0.1, 0.15) is 27.7 Å². The Morgan fingerprint density at radius 1 is 1.44 bits per heavy atom. The number of nitrogens with zero attached hydrogens (tertiary/aromatic N) is 1. The Kier molecular flexibility index (Phi) is 5.44. The van der Waals surface area contributed by atoms with Crippen LogP contribution >= 0.6 is 0 Å². The Balaban J connectivity index is 4.22. The van der Waals surface area contributed by atoms with Gasteiger partial charge in [-0.25, -0.2) is 0 Å². The Bertz CT molecular complexity index is 264. The first kappa shape index (κ1) is 14.9. The summed E-state index contributed by atoms with van der Waals surface area (Å²) in [7, 11) is 1.73. The number of hydrogen-bond donors (Lipinski definition) is 2. The minimum atomic E-state index is -0.872. The predicted octanol–water partition coefficient (Wildman–Crippen LogP) is 0.554. The third-order valence-electron chi connectivity index (χ3n) is 2.65. The summed E-state index contributed by atoms with van der Waals surface area (Å²) in [5, 5.41) is 11.9. The van der Waals surface area contributed by atoms with Gasteiger partial charge in [-0.15, -0.1) is 0 Å². The first-order valence-corrected chi connectivity index (χ1v) is 5.44. The molecule has 94 valence electrons. The average molecular weight is 230 g/mol. The maximum atomic E-state index is 11.7. The Morgan fingerprint density at radius 3 is 2.31 bits per heavy atom. The lowest BCUT2D eigenvalue weighted by Gasteiger charge is -2.25. The van der Waals surface area contributed by atoms with E-state index >= 15 is 0 Å². The second-order valence-electron chi connectivity index (χ2n) is 4.64. The van der Waals surface area contributed by atoms with Gasteiger partial charge in [-0.1, -0.05) is 0 Å². The molecule has 16 heavy (non-hydrogen) atoms. The summed E-state index contributed by atoms with van der Waals surface area (Å²) in [6.45, 7) is 7.81. The maximum Gasteiger partial charge on any atom is 0.310 e. The van der Waals surface area contributed by atoms with E-state index in [1.54, 1.807) is 32.7 Å². The van der Waals surface area contributed by atoms with Gasteiger partial charge in [0.25, 0.3) is 0 Å². The molecule has 0 heterocycles. The molecule has 0 aliphatic carbocycles. The third-order valence-corrected chi connectivity index (χ3v) is 2.65. The molecule has 0 aromatic rings. The molecule has 5 heteroatoms. The number of carbonyl (C=O) groups excluding carboxylic acids is 1. The predicted molar refractivity (Wildman–Crippen MR) is 62.2 cm³/mol. The molecule has 0 bridgehead atoms. The second kappa shape index (κ2) is 5.84. The normalized spacial score (nSPS) is 13.3. The van der Waals surface area contributed by atoms with Crippen molar-refractivity contribution in [2.75, 3.05) is 20.1 Å². The molecular weight excluding hydrogens is 208 g/mol. The average Bonchev–Trinajstić information content (AvgIpc) is 2.23. The van der Waals surface area contributed by atoms with E-state index in [4.69, 9.17) is 5.11 Å². The fraction of sp³-hybridized carbons (Fsp3) is 0.818. The van der Waals surface area contributed by atoms with Gasteiger partial charge in [0.1, 0.15) is 0 Å². The zero-order valence-corrected chi connectivity index (χ0v) is 10.7. The van der Waals surface area contributed by atoms with Crippen molar-refractivity contribution in [1.29, 1.82) is 0 Å². The Hall–Kier alpha value is -1.10. The SMILES string of the molecule is CCN(C)C(=O)C(C)NCC(C)(C)C(=O)O. The number of rotatable bonds is 6. The molecule has 0 aliphatic heterocycles. The quantitative estimate of drug-likeness (QED) is 0.699. The van der Waals surface area contributed by atoms with Crippen molar-refractivity contribution in [2.24, 2.45) is 5.41 Å². The number of hydrogen-bond acceptors (Lipinski definition) is 3. The Labute approximate surface area is 96.8 Å². The molecule has 0 aromatic heterocycles. The smallest absolute Gasteiger partial charge is 0.310 e. The highest BCUT2D eigenvalue weighted by atomic mass is 16.4. The van der Waals surface area contributed by atoms with Gasteiger partial charge in [-0.2, -0.15) is 0 Å². The fourth-order valence-corrected chi connectivity index (χ4v) is 1.06. The zero-order valence-electron chi connectivity index (χ0n) is 10.7. The highest BCUT2D eigenvalue weighted by molar-refractivity contribution is 5.81. The first-order chi connectivity index (χ1) is 7.22. The summed E-state index contributed by atoms with van der Waals surface area (Å²) in [6.07, 6.45) is 0. The molecule has 1 atom stereocenters. The van der Waals surface area contributed by atoms with Gasteiger partial charge in [0.15, 0.2) is 0 Å². The molecule has 2 N–H and O–H groups in total. The topological polar surface area (TPSA) is 69.6 Å². The van der Waals surface area contributed by atoms with E-state index in [9.17, 15) is 9.59 Å². The van der Waals surface area contributed by atoms with Crippen molar-refractivity contribution in [3.05, 3.63) is 0 Å². The number of aliphatic carboxylic acids is 1. The monoisotopic (exact) mass is 230 g/mol. The van der Waals surface area contributed by atoms with E-state index in [0.717, 1.165) is 0 Å². The number of carbonyl (C=O) groups is 2. The summed E-state index contributed by atoms with van der Waals surface area (Å²) in [5.74, 6) is -0.896. The minimum absolute atomic E-state index is 0.0244. The van der Waals surface area contributed by atoms with E-state index in [0.29, 0.717) is 6.54 Å². The standard InChI is InChI=1S/C11H22N2O3/c1-6-13(5)9(14)8(2)12-7-11(3,4)10(15)16/h8,12H,6-7H2,1-5H3,(H,15,16). The number of likely N-dealkylation sites (N-methyl/N-ethyl adjacent to an activating group) is 1. The van der Waals surface area contributed by atoms with Crippen molar-refractivity contribution in [3.63, 3.8) is 0 Å². The lowest BCUT2D eigenvalue weighted by atomic mass is 9.93. The zero-order chi connectivity index (χ0) is 12.9. The second-order valence-corrected chi connectivity index (χ2v) is 4.64. The van der Waals surface area contributed by atoms with Crippen molar-refractivity contribution < 1.29 is 14.7 Å². The van der Waals surface area contributed by atoms with Crippen LogP contribution in [0.3, 0.4) is 0 Å². The van der Waals surface area contributed by atoms with E-state index in [-0.39, 0.29) is 18.5 Å². The van der Waals surface area contributed by atoms with Gasteiger partial charge in [0.2, 0.25) is 5.91 Å². The molecule has 1 unspecified atom stereocenters. The van der Waals surface area contributed by atoms with Crippen LogP contribution < -0.4 is 5.32 Å². The highest BCUT2D eigenvalue weighted by Gasteiger charge is 2.28. The molecule has 0 rings (SSSR count). The number of amides is 1. The number of nitrogens with one attached hydrogen (secondary N) is 1. The van der Waals surface area contributed by atoms with Crippen LogP contribution in [0.5, 0.6) is 0 Å². The largest absolute Gasteiger partial charge is 0.481 e. The van der Waals surface area contributed by atoms with E-state index in [2.05, 4.69) is 5.32 Å². The molecule has 1 amide bonds. The molecule has 0 aromatic carbocycles. The van der Waals surface area contributed by atoms with Gasteiger partial charge < -0.3 is 15.3 Å². The van der Waals surface area contributed by atoms with Gasteiger partial charge in [0, 0.05) is 20.1 Å². The molecule has 0 saturated heterocycles. The molecule has 0 fully saturated rings. The molecule has 5 nitrogen and oxygen atoms in total. The van der Waals surface area contributed by atoms with Crippen LogP contribution in [-0.2, 0) is 9.59 Å². The maximum absolute atomic E-state index is 11.7. The van der Waals surface area contributed by atoms with Crippen LogP contribution in [0, 0.1) is 5.41 Å². The fourth-order valence-electron chi connectivity index (χ4n) is 1.06. The van der Waals surface area contributed by atoms with E-state index < -0.39 is 11.4 Å². The van der Waals surface area contributed by atoms with Crippen molar-refractivity contribution in [3.8, 4) is 0 Å². The van der Waals surface area contributed by atoms with E-state index in [1.807, 2.05) is 6.92 Å². The van der Waals surface area contributed by atoms with Crippen molar-refractivity contribution >= 4 is 11.9 Å². The van der Waals surface area contributed by atoms with Crippen molar-refractivity contribution in [1.82, 2.24) is 10.2 Å². The summed E-state index contributed by atoms with van der Waals surface area (Å²) in [6, 6.07) is -0.358. The summed E-state index contributed by atoms with van der Waals surface area (Å²) < 4.78 is 0. The molecule has 0 aliphatic rings. The molecule has 0 saturated carbocycles. The number of carboxylic acids is 1. The minimum Gasteiger partial charge on any atom is -0.481 e. The van der Waals surface area contributed by atoms with Crippen LogP contribution in [0.2, 0.25) is 0 Å². The summed E-state index contributed by atoms with van der Waals surface area (Å²) >= 11 is 0. The number of carboxylic acid groups (broad SMARTS) is 1. The lowest BCUT2D eigenvalue weighted by molar-refractivity contribution is -0.147. The van der Waals surface area contributed by atoms with Gasteiger partial charge in [0.05, 0.1) is 11.5 Å². The van der Waals surface area contributed by atoms with Crippen LogP contribution in [-0.4, -0.2) is 48.1 Å². The Morgan fingerprint density at radius 2 is 1.94 bits per heavy atom. The van der Waals surface area contributed by atoms with Gasteiger partial charge >= 0.3 is 5.97 Å². The van der Waals surface area contributed by atoms with Gasteiger partial charge in [-0.3, -0.25) is 9.59 Å². The summed E-state index contributed by atoms with van der Waals surface area (Å²) in [5.41, 5.74) is -0.862. The lowest BCUT2D eigenvalue weighted by Crippen LogP contribution is -2.47. The first-order valence-electron chi connectivity index (χ1n) is 5.44. The van der Waals surface area contributed by atoms with E-state index in [1.165, 1.54) is 0 Å². The molecular formula is C11H22N2O3. The van der Waals surface area contributed by atoms with Crippen molar-refractivity contribution in [2.45, 2.75) is 33.7 Å². The van der Waals surface area contributed by atoms with Crippen LogP contribution in [0.15, 0.2) is 0 Å². The molecule has 0 radical (unpaired) electrons. The van der Waals surface area contributed by atoms with Crippen LogP contribution in [0.25, 0.3) is 0 Å². The van der Waals surface area contributed by atoms with Crippen LogP contribution in [0.4, 0.5) is 0 Å². The molecule has 0 spiro atoms. The van der Waals surface area contributed by atoms with Gasteiger partial charge in [-0.05, 0) is 27.7 Å².